The summed E-state index contributed by atoms with van der Waals surface area (Å²) in [6.07, 6.45) is -0.591. The van der Waals surface area contributed by atoms with E-state index >= 15 is 0 Å². The van der Waals surface area contributed by atoms with Crippen LogP contribution in [0.3, 0.4) is 0 Å². The van der Waals surface area contributed by atoms with Crippen LogP contribution in [0.5, 0.6) is 0 Å². The molecular formula is C32H57N5O10. The van der Waals surface area contributed by atoms with Crippen molar-refractivity contribution in [1.29, 1.82) is 0 Å². The average Bonchev–Trinajstić information content (AvgIpc) is 2.86. The molecule has 4 amide bonds. The quantitative estimate of drug-likeness (QED) is 0.0854. The molecule has 0 aromatic carbocycles. The molecule has 15 nitrogen and oxygen atoms in total. The van der Waals surface area contributed by atoms with Crippen molar-refractivity contribution in [1.82, 2.24) is 21.3 Å². The third-order valence-corrected chi connectivity index (χ3v) is 6.00. The molecule has 0 bridgehead atoms. The smallest absolute Gasteiger partial charge is 0.407 e. The lowest BCUT2D eigenvalue weighted by Gasteiger charge is -2.26. The summed E-state index contributed by atoms with van der Waals surface area (Å²) in [7, 11) is 0. The van der Waals surface area contributed by atoms with Gasteiger partial charge >= 0.3 is 18.0 Å². The third-order valence-electron chi connectivity index (χ3n) is 6.00. The first kappa shape index (κ1) is 43.2. The maximum absolute atomic E-state index is 13.6. The van der Waals surface area contributed by atoms with Gasteiger partial charge in [0.1, 0.15) is 28.9 Å². The molecule has 0 unspecified atom stereocenters. The number of unbranched alkanes of at least 4 members (excludes halogenated alkanes) is 1. The standard InChI is InChI=1S/C32H57N5O10/c1-12-21(19(2)38)35-28(43)23(18-25(40)46-31(6,7)8)37-27(42)22(15-13-14-16-34-29(44)47-32(9,10)11)36-26(41)20(33)17-24(39)45-30(3,4)5/h20-23H,12-18,33H2,1-11H3,(H,34,44)(H,35,43)(H,36,41)(H,37,42)/t20-,21-,22-,23-/m0/s1. The summed E-state index contributed by atoms with van der Waals surface area (Å²) in [6, 6.07) is -4.90. The first-order valence-corrected chi connectivity index (χ1v) is 15.9. The predicted molar refractivity (Wildman–Crippen MR) is 174 cm³/mol. The molecule has 47 heavy (non-hydrogen) atoms. The summed E-state index contributed by atoms with van der Waals surface area (Å²) in [4.78, 5) is 88.6. The second kappa shape index (κ2) is 19.2. The Hall–Kier alpha value is -3.75. The van der Waals surface area contributed by atoms with Gasteiger partial charge in [0.25, 0.3) is 0 Å². The minimum absolute atomic E-state index is 0.0402. The molecule has 4 atom stereocenters. The zero-order valence-corrected chi connectivity index (χ0v) is 29.9. The van der Waals surface area contributed by atoms with Gasteiger partial charge in [-0.25, -0.2) is 4.79 Å². The number of ether oxygens (including phenoxy) is 3. The van der Waals surface area contributed by atoms with E-state index in [0.717, 1.165) is 0 Å². The molecular weight excluding hydrogens is 614 g/mol. The van der Waals surface area contributed by atoms with Crippen molar-refractivity contribution in [2.75, 3.05) is 6.54 Å². The minimum Gasteiger partial charge on any atom is -0.460 e. The number of hydrogen-bond acceptors (Lipinski definition) is 11. The average molecular weight is 672 g/mol. The number of ketones is 1. The molecule has 0 aromatic rings. The molecule has 0 aromatic heterocycles. The third kappa shape index (κ3) is 20.9. The van der Waals surface area contributed by atoms with E-state index in [1.165, 1.54) is 6.92 Å². The highest BCUT2D eigenvalue weighted by atomic mass is 16.6. The summed E-state index contributed by atoms with van der Waals surface area (Å²) in [6.45, 7) is 18.3. The number of hydrogen-bond donors (Lipinski definition) is 5. The molecule has 0 rings (SSSR count). The van der Waals surface area contributed by atoms with Crippen molar-refractivity contribution in [3.05, 3.63) is 0 Å². The molecule has 0 aliphatic heterocycles. The van der Waals surface area contributed by atoms with Gasteiger partial charge in [0.2, 0.25) is 17.7 Å². The first-order chi connectivity index (χ1) is 21.3. The first-order valence-electron chi connectivity index (χ1n) is 15.9. The van der Waals surface area contributed by atoms with Crippen LogP contribution in [-0.2, 0) is 43.0 Å². The van der Waals surface area contributed by atoms with Gasteiger partial charge in [-0.05, 0) is 94.9 Å². The van der Waals surface area contributed by atoms with Crippen LogP contribution < -0.4 is 27.0 Å². The van der Waals surface area contributed by atoms with E-state index in [1.54, 1.807) is 69.2 Å². The van der Waals surface area contributed by atoms with Gasteiger partial charge < -0.3 is 41.2 Å². The Bertz CT molecular complexity index is 1110. The molecule has 0 aliphatic carbocycles. The van der Waals surface area contributed by atoms with Gasteiger partial charge in [0, 0.05) is 6.54 Å². The fourth-order valence-electron chi connectivity index (χ4n) is 3.98. The van der Waals surface area contributed by atoms with Crippen LogP contribution in [0.1, 0.15) is 115 Å². The maximum atomic E-state index is 13.6. The SMILES string of the molecule is CC[C@H](NC(=O)[C@H](CC(=O)OC(C)(C)C)NC(=O)[C@H](CCCCNC(=O)OC(C)(C)C)NC(=O)[C@@H](N)CC(=O)OC(C)(C)C)C(C)=O. The van der Waals surface area contributed by atoms with E-state index in [4.69, 9.17) is 19.9 Å². The van der Waals surface area contributed by atoms with Gasteiger partial charge in [-0.15, -0.1) is 0 Å². The molecule has 0 fully saturated rings. The van der Waals surface area contributed by atoms with Crippen molar-refractivity contribution in [2.45, 2.75) is 156 Å². The van der Waals surface area contributed by atoms with Gasteiger partial charge in [-0.2, -0.15) is 0 Å². The Morgan fingerprint density at radius 3 is 1.53 bits per heavy atom. The van der Waals surface area contributed by atoms with Crippen molar-refractivity contribution in [3.63, 3.8) is 0 Å². The zero-order chi connectivity index (χ0) is 36.8. The van der Waals surface area contributed by atoms with Crippen LogP contribution in [0.25, 0.3) is 0 Å². The second-order valence-corrected chi connectivity index (χ2v) is 14.3. The minimum atomic E-state index is -1.45. The number of carbonyl (C=O) groups excluding carboxylic acids is 7. The number of nitrogens with one attached hydrogen (secondary N) is 4. The molecule has 15 heteroatoms. The van der Waals surface area contributed by atoms with Crippen LogP contribution in [0.2, 0.25) is 0 Å². The highest BCUT2D eigenvalue weighted by Crippen LogP contribution is 2.12. The van der Waals surface area contributed by atoms with E-state index in [1.807, 2.05) is 0 Å². The Labute approximate surface area is 278 Å². The number of rotatable bonds is 17. The fraction of sp³-hybridized carbons (Fsp3) is 0.781. The summed E-state index contributed by atoms with van der Waals surface area (Å²) in [5.74, 6) is -4.23. The molecule has 0 aliphatic rings. The van der Waals surface area contributed by atoms with E-state index < -0.39 is 89.6 Å². The Balaban J connectivity index is 5.93. The molecule has 6 N–H and O–H groups in total. The van der Waals surface area contributed by atoms with Crippen molar-refractivity contribution in [2.24, 2.45) is 5.73 Å². The lowest BCUT2D eigenvalue weighted by atomic mass is 10.0. The predicted octanol–water partition coefficient (Wildman–Crippen LogP) is 1.93. The summed E-state index contributed by atoms with van der Waals surface area (Å²) < 4.78 is 15.8. The van der Waals surface area contributed by atoms with Crippen LogP contribution in [-0.4, -0.2) is 89.1 Å². The maximum Gasteiger partial charge on any atom is 0.407 e. The monoisotopic (exact) mass is 671 g/mol. The van der Waals surface area contributed by atoms with Crippen molar-refractivity contribution < 1.29 is 47.8 Å². The van der Waals surface area contributed by atoms with Crippen LogP contribution in [0.15, 0.2) is 0 Å². The Morgan fingerprint density at radius 1 is 0.617 bits per heavy atom. The molecule has 0 saturated heterocycles. The highest BCUT2D eigenvalue weighted by Gasteiger charge is 2.33. The lowest BCUT2D eigenvalue weighted by Crippen LogP contribution is -2.57. The number of nitrogens with two attached hydrogens (primary N) is 1. The van der Waals surface area contributed by atoms with Crippen LogP contribution >= 0.6 is 0 Å². The molecule has 0 saturated carbocycles. The number of esters is 2. The van der Waals surface area contributed by atoms with E-state index in [0.29, 0.717) is 12.8 Å². The van der Waals surface area contributed by atoms with E-state index in [-0.39, 0.29) is 25.2 Å². The Kier molecular flexibility index (Phi) is 17.6. The van der Waals surface area contributed by atoms with Gasteiger partial charge in [-0.3, -0.25) is 28.8 Å². The molecule has 0 spiro atoms. The molecule has 270 valence electrons. The lowest BCUT2D eigenvalue weighted by molar-refractivity contribution is -0.157. The van der Waals surface area contributed by atoms with Gasteiger partial charge in [0.05, 0.1) is 24.9 Å². The summed E-state index contributed by atoms with van der Waals surface area (Å²) in [5, 5.41) is 10.2. The fourth-order valence-corrected chi connectivity index (χ4v) is 3.98. The normalized spacial score (nSPS) is 14.4. The molecule has 0 radical (unpaired) electrons. The number of Topliss-reactive ketones (excluding diaryl/α,β-unsaturated/α-hetero) is 1. The van der Waals surface area contributed by atoms with Crippen LogP contribution in [0.4, 0.5) is 4.79 Å². The van der Waals surface area contributed by atoms with Crippen molar-refractivity contribution >= 4 is 41.5 Å². The number of carbonyl (C=O) groups is 7. The van der Waals surface area contributed by atoms with Crippen molar-refractivity contribution in [3.8, 4) is 0 Å². The van der Waals surface area contributed by atoms with E-state index in [9.17, 15) is 33.6 Å². The van der Waals surface area contributed by atoms with Gasteiger partial charge in [-0.1, -0.05) is 6.92 Å². The topological polar surface area (TPSA) is 221 Å². The highest BCUT2D eigenvalue weighted by molar-refractivity contribution is 5.96. The number of alkyl carbamates (subject to hydrolysis) is 1. The Morgan fingerprint density at radius 2 is 1.06 bits per heavy atom. The van der Waals surface area contributed by atoms with Gasteiger partial charge in [0.15, 0.2) is 5.78 Å². The largest absolute Gasteiger partial charge is 0.460 e. The molecule has 0 heterocycles. The zero-order valence-electron chi connectivity index (χ0n) is 29.9. The summed E-state index contributed by atoms with van der Waals surface area (Å²) in [5.41, 5.74) is 3.60. The van der Waals surface area contributed by atoms with Crippen LogP contribution in [0, 0.1) is 0 Å². The van der Waals surface area contributed by atoms with E-state index in [2.05, 4.69) is 21.3 Å². The number of amides is 4. The summed E-state index contributed by atoms with van der Waals surface area (Å²) >= 11 is 0. The second-order valence-electron chi connectivity index (χ2n) is 14.3.